The van der Waals surface area contributed by atoms with Gasteiger partial charge in [-0.05, 0) is 30.7 Å². The van der Waals surface area contributed by atoms with Crippen LogP contribution < -0.4 is 5.73 Å². The molecule has 16 heavy (non-hydrogen) atoms. The lowest BCUT2D eigenvalue weighted by molar-refractivity contribution is -0.133. The first-order valence-electron chi connectivity index (χ1n) is 5.83. The van der Waals surface area contributed by atoms with Crippen LogP contribution in [-0.4, -0.2) is 29.9 Å². The minimum atomic E-state index is 0.234. The summed E-state index contributed by atoms with van der Waals surface area (Å²) in [5.74, 6) is 0.234. The van der Waals surface area contributed by atoms with Gasteiger partial charge in [0.05, 0.1) is 6.42 Å². The summed E-state index contributed by atoms with van der Waals surface area (Å²) in [6, 6.07) is 4.27. The number of carbonyl (C=O) groups is 1. The molecule has 0 bridgehead atoms. The van der Waals surface area contributed by atoms with Crippen LogP contribution in [0.2, 0.25) is 0 Å². The third-order valence-electron chi connectivity index (χ3n) is 3.13. The van der Waals surface area contributed by atoms with Gasteiger partial charge in [0.1, 0.15) is 0 Å². The SMILES string of the molecule is NCC1CCCCN1C(=O)Cc1cccs1. The molecule has 1 aliphatic heterocycles. The molecule has 1 amide bonds. The molecule has 2 heterocycles. The zero-order valence-electron chi connectivity index (χ0n) is 9.39. The molecule has 4 heteroatoms. The summed E-state index contributed by atoms with van der Waals surface area (Å²) in [5, 5.41) is 2.01. The highest BCUT2D eigenvalue weighted by atomic mass is 32.1. The highest BCUT2D eigenvalue weighted by Gasteiger charge is 2.25. The molecular formula is C12H18N2OS. The third-order valence-corrected chi connectivity index (χ3v) is 4.00. The van der Waals surface area contributed by atoms with Gasteiger partial charge >= 0.3 is 0 Å². The summed E-state index contributed by atoms with van der Waals surface area (Å²) in [6.45, 7) is 1.47. The van der Waals surface area contributed by atoms with Crippen molar-refractivity contribution < 1.29 is 4.79 Å². The summed E-state index contributed by atoms with van der Waals surface area (Å²) in [5.41, 5.74) is 5.71. The van der Waals surface area contributed by atoms with E-state index in [4.69, 9.17) is 5.73 Å². The van der Waals surface area contributed by atoms with Crippen LogP contribution in [0.25, 0.3) is 0 Å². The summed E-state index contributed by atoms with van der Waals surface area (Å²) in [4.78, 5) is 15.2. The highest BCUT2D eigenvalue weighted by Crippen LogP contribution is 2.18. The molecule has 0 saturated carbocycles. The smallest absolute Gasteiger partial charge is 0.228 e. The van der Waals surface area contributed by atoms with Crippen LogP contribution in [0.15, 0.2) is 17.5 Å². The predicted molar refractivity (Wildman–Crippen MR) is 66.4 cm³/mol. The van der Waals surface area contributed by atoms with Crippen molar-refractivity contribution in [2.24, 2.45) is 5.73 Å². The normalized spacial score (nSPS) is 21.1. The minimum Gasteiger partial charge on any atom is -0.338 e. The number of hydrogen-bond donors (Lipinski definition) is 1. The van der Waals surface area contributed by atoms with E-state index in [0.717, 1.165) is 24.3 Å². The molecule has 1 aromatic heterocycles. The van der Waals surface area contributed by atoms with E-state index >= 15 is 0 Å². The van der Waals surface area contributed by atoms with Gasteiger partial charge in [0.25, 0.3) is 0 Å². The average Bonchev–Trinajstić information content (AvgIpc) is 2.81. The van der Waals surface area contributed by atoms with Crippen LogP contribution in [0.3, 0.4) is 0 Å². The van der Waals surface area contributed by atoms with Crippen molar-refractivity contribution in [2.75, 3.05) is 13.1 Å². The summed E-state index contributed by atoms with van der Waals surface area (Å²) in [7, 11) is 0. The Kier molecular flexibility index (Phi) is 3.96. The molecule has 88 valence electrons. The number of nitrogens with zero attached hydrogens (tertiary/aromatic N) is 1. The molecule has 2 rings (SSSR count). The minimum absolute atomic E-state index is 0.234. The van der Waals surface area contributed by atoms with Crippen LogP contribution in [0.5, 0.6) is 0 Å². The van der Waals surface area contributed by atoms with E-state index in [1.165, 1.54) is 6.42 Å². The van der Waals surface area contributed by atoms with Crippen LogP contribution >= 0.6 is 11.3 Å². The van der Waals surface area contributed by atoms with Crippen molar-refractivity contribution in [3.05, 3.63) is 22.4 Å². The van der Waals surface area contributed by atoms with E-state index in [-0.39, 0.29) is 11.9 Å². The number of likely N-dealkylation sites (tertiary alicyclic amines) is 1. The lowest BCUT2D eigenvalue weighted by atomic mass is 10.0. The first kappa shape index (κ1) is 11.6. The van der Waals surface area contributed by atoms with Crippen molar-refractivity contribution in [1.82, 2.24) is 4.90 Å². The second-order valence-corrected chi connectivity index (χ2v) is 5.26. The Morgan fingerprint density at radius 1 is 1.56 bits per heavy atom. The number of amides is 1. The summed E-state index contributed by atoms with van der Waals surface area (Å²) < 4.78 is 0. The molecule has 1 aromatic rings. The van der Waals surface area contributed by atoms with Gasteiger partial charge in [0, 0.05) is 24.0 Å². The van der Waals surface area contributed by atoms with Crippen LogP contribution in [0, 0.1) is 0 Å². The fraction of sp³-hybridized carbons (Fsp3) is 0.583. The number of piperidine rings is 1. The van der Waals surface area contributed by atoms with Gasteiger partial charge in [0.2, 0.25) is 5.91 Å². The Morgan fingerprint density at radius 3 is 3.12 bits per heavy atom. The number of carbonyl (C=O) groups excluding carboxylic acids is 1. The number of thiophene rings is 1. The molecule has 0 spiro atoms. The molecular weight excluding hydrogens is 220 g/mol. The largest absolute Gasteiger partial charge is 0.338 e. The van der Waals surface area contributed by atoms with E-state index in [1.54, 1.807) is 11.3 Å². The highest BCUT2D eigenvalue weighted by molar-refractivity contribution is 7.10. The van der Waals surface area contributed by atoms with Crippen LogP contribution in [-0.2, 0) is 11.2 Å². The molecule has 1 atom stereocenters. The molecule has 0 aromatic carbocycles. The van der Waals surface area contributed by atoms with E-state index in [2.05, 4.69) is 0 Å². The maximum atomic E-state index is 12.1. The molecule has 3 nitrogen and oxygen atoms in total. The maximum absolute atomic E-state index is 12.1. The number of rotatable bonds is 3. The zero-order valence-corrected chi connectivity index (χ0v) is 10.2. The topological polar surface area (TPSA) is 46.3 Å². The lowest BCUT2D eigenvalue weighted by Crippen LogP contribution is -2.47. The quantitative estimate of drug-likeness (QED) is 0.870. The van der Waals surface area contributed by atoms with Crippen LogP contribution in [0.1, 0.15) is 24.1 Å². The van der Waals surface area contributed by atoms with E-state index in [9.17, 15) is 4.79 Å². The molecule has 0 radical (unpaired) electrons. The fourth-order valence-corrected chi connectivity index (χ4v) is 2.93. The van der Waals surface area contributed by atoms with Crippen molar-refractivity contribution in [3.63, 3.8) is 0 Å². The first-order valence-corrected chi connectivity index (χ1v) is 6.71. The third kappa shape index (κ3) is 2.62. The van der Waals surface area contributed by atoms with Gasteiger partial charge in [-0.15, -0.1) is 11.3 Å². The monoisotopic (exact) mass is 238 g/mol. The van der Waals surface area contributed by atoms with Crippen molar-refractivity contribution >= 4 is 17.2 Å². The van der Waals surface area contributed by atoms with Gasteiger partial charge in [0.15, 0.2) is 0 Å². The first-order chi connectivity index (χ1) is 7.81. The Morgan fingerprint density at radius 2 is 2.44 bits per heavy atom. The summed E-state index contributed by atoms with van der Waals surface area (Å²) in [6.07, 6.45) is 3.91. The second kappa shape index (κ2) is 5.46. The van der Waals surface area contributed by atoms with Crippen molar-refractivity contribution in [1.29, 1.82) is 0 Å². The van der Waals surface area contributed by atoms with E-state index in [0.29, 0.717) is 13.0 Å². The predicted octanol–water partition coefficient (Wildman–Crippen LogP) is 1.63. The Labute approximate surface area is 100 Å². The van der Waals surface area contributed by atoms with Gasteiger partial charge in [-0.3, -0.25) is 4.79 Å². The number of nitrogens with two attached hydrogens (primary N) is 1. The Hall–Kier alpha value is -0.870. The fourth-order valence-electron chi connectivity index (χ4n) is 2.24. The van der Waals surface area contributed by atoms with Gasteiger partial charge in [-0.2, -0.15) is 0 Å². The molecule has 2 N–H and O–H groups in total. The summed E-state index contributed by atoms with van der Waals surface area (Å²) >= 11 is 1.65. The van der Waals surface area contributed by atoms with E-state index in [1.807, 2.05) is 22.4 Å². The molecule has 1 fully saturated rings. The molecule has 1 aliphatic rings. The van der Waals surface area contributed by atoms with Gasteiger partial charge in [-0.25, -0.2) is 0 Å². The Bertz CT molecular complexity index is 337. The average molecular weight is 238 g/mol. The Balaban J connectivity index is 1.97. The second-order valence-electron chi connectivity index (χ2n) is 4.23. The van der Waals surface area contributed by atoms with E-state index < -0.39 is 0 Å². The van der Waals surface area contributed by atoms with Crippen molar-refractivity contribution in [3.8, 4) is 0 Å². The molecule has 0 aliphatic carbocycles. The maximum Gasteiger partial charge on any atom is 0.228 e. The van der Waals surface area contributed by atoms with Gasteiger partial charge < -0.3 is 10.6 Å². The number of hydrogen-bond acceptors (Lipinski definition) is 3. The zero-order chi connectivity index (χ0) is 11.4. The molecule has 1 unspecified atom stereocenters. The lowest BCUT2D eigenvalue weighted by Gasteiger charge is -2.35. The molecule has 1 saturated heterocycles. The van der Waals surface area contributed by atoms with Crippen LogP contribution in [0.4, 0.5) is 0 Å². The van der Waals surface area contributed by atoms with Crippen molar-refractivity contribution in [2.45, 2.75) is 31.7 Å². The van der Waals surface area contributed by atoms with Gasteiger partial charge in [-0.1, -0.05) is 6.07 Å². The standard InChI is InChI=1S/C12H18N2OS/c13-9-10-4-1-2-6-14(10)12(15)8-11-5-3-7-16-11/h3,5,7,10H,1-2,4,6,8-9,13H2.